The lowest BCUT2D eigenvalue weighted by Crippen LogP contribution is -2.46. The molecule has 1 aromatic carbocycles. The van der Waals surface area contributed by atoms with E-state index >= 15 is 0 Å². The van der Waals surface area contributed by atoms with Crippen LogP contribution in [0.3, 0.4) is 0 Å². The molecule has 2 N–H and O–H groups in total. The van der Waals surface area contributed by atoms with E-state index in [1.54, 1.807) is 19.2 Å². The molecule has 0 amide bonds. The first-order valence-corrected chi connectivity index (χ1v) is 9.68. The number of nitrogens with zero attached hydrogens (tertiary/aromatic N) is 1. The van der Waals surface area contributed by atoms with Gasteiger partial charge in [0.2, 0.25) is 0 Å². The van der Waals surface area contributed by atoms with Gasteiger partial charge in [-0.3, -0.25) is 4.99 Å². The van der Waals surface area contributed by atoms with Crippen molar-refractivity contribution in [1.82, 2.24) is 10.6 Å². The van der Waals surface area contributed by atoms with E-state index in [0.717, 1.165) is 18.4 Å². The van der Waals surface area contributed by atoms with Crippen molar-refractivity contribution in [2.75, 3.05) is 25.1 Å². The summed E-state index contributed by atoms with van der Waals surface area (Å²) >= 11 is 0. The molecule has 1 aliphatic heterocycles. The zero-order valence-corrected chi connectivity index (χ0v) is 14.0. The van der Waals surface area contributed by atoms with Gasteiger partial charge in [-0.15, -0.1) is 0 Å². The van der Waals surface area contributed by atoms with E-state index in [-0.39, 0.29) is 28.8 Å². The lowest BCUT2D eigenvalue weighted by Gasteiger charge is -2.21. The minimum absolute atomic E-state index is 0.0402. The second-order valence-electron chi connectivity index (χ2n) is 6.46. The Hall–Kier alpha value is -1.63. The molecular weight excluding hydrogens is 317 g/mol. The van der Waals surface area contributed by atoms with Gasteiger partial charge in [-0.1, -0.05) is 12.1 Å². The first kappa shape index (κ1) is 16.2. The van der Waals surface area contributed by atoms with Crippen molar-refractivity contribution >= 4 is 15.8 Å². The Balaban J connectivity index is 1.58. The van der Waals surface area contributed by atoms with Crippen LogP contribution in [0.4, 0.5) is 4.39 Å². The van der Waals surface area contributed by atoms with Crippen molar-refractivity contribution in [3.05, 3.63) is 35.6 Å². The standard InChI is InChI=1S/C16H22FN3O2S/c1-18-15(20-14-5-8-23(21,22)10-14)19-11-16(6-7-16)12-3-2-4-13(17)9-12/h2-4,9,14H,5-8,10-11H2,1H3,(H2,18,19,20). The molecule has 0 radical (unpaired) electrons. The topological polar surface area (TPSA) is 70.6 Å². The Morgan fingerprint density at radius 3 is 2.78 bits per heavy atom. The molecule has 7 heteroatoms. The highest BCUT2D eigenvalue weighted by Gasteiger charge is 2.44. The van der Waals surface area contributed by atoms with Crippen LogP contribution >= 0.6 is 0 Å². The number of rotatable bonds is 4. The Kier molecular flexibility index (Phi) is 4.31. The summed E-state index contributed by atoms with van der Waals surface area (Å²) in [5, 5.41) is 6.44. The number of halogens is 1. The van der Waals surface area contributed by atoms with E-state index in [4.69, 9.17) is 0 Å². The quantitative estimate of drug-likeness (QED) is 0.639. The minimum Gasteiger partial charge on any atom is -0.356 e. The zero-order chi connectivity index (χ0) is 16.5. The monoisotopic (exact) mass is 339 g/mol. The fourth-order valence-electron chi connectivity index (χ4n) is 3.09. The highest BCUT2D eigenvalue weighted by Crippen LogP contribution is 2.47. The second kappa shape index (κ2) is 6.11. The smallest absolute Gasteiger partial charge is 0.191 e. The van der Waals surface area contributed by atoms with Crippen LogP contribution in [-0.2, 0) is 15.3 Å². The first-order valence-electron chi connectivity index (χ1n) is 7.86. The lowest BCUT2D eigenvalue weighted by molar-refractivity contribution is 0.595. The van der Waals surface area contributed by atoms with Gasteiger partial charge in [0.05, 0.1) is 11.5 Å². The van der Waals surface area contributed by atoms with E-state index < -0.39 is 9.84 Å². The summed E-state index contributed by atoms with van der Waals surface area (Å²) < 4.78 is 36.5. The molecule has 1 heterocycles. The van der Waals surface area contributed by atoms with Crippen molar-refractivity contribution in [1.29, 1.82) is 0 Å². The van der Waals surface area contributed by atoms with Gasteiger partial charge in [0.25, 0.3) is 0 Å². The van der Waals surface area contributed by atoms with E-state index in [1.807, 2.05) is 6.07 Å². The molecule has 1 aromatic rings. The van der Waals surface area contributed by atoms with Crippen molar-refractivity contribution < 1.29 is 12.8 Å². The molecule has 0 aromatic heterocycles. The van der Waals surface area contributed by atoms with Gasteiger partial charge >= 0.3 is 0 Å². The summed E-state index contributed by atoms with van der Waals surface area (Å²) in [6.07, 6.45) is 2.63. The maximum Gasteiger partial charge on any atom is 0.191 e. The normalized spacial score (nSPS) is 25.1. The molecule has 23 heavy (non-hydrogen) atoms. The predicted octanol–water partition coefficient (Wildman–Crippen LogP) is 1.21. The van der Waals surface area contributed by atoms with Gasteiger partial charge in [-0.25, -0.2) is 12.8 Å². The molecule has 1 aliphatic carbocycles. The third kappa shape index (κ3) is 3.83. The predicted molar refractivity (Wildman–Crippen MR) is 88.9 cm³/mol. The second-order valence-corrected chi connectivity index (χ2v) is 8.69. The zero-order valence-electron chi connectivity index (χ0n) is 13.2. The van der Waals surface area contributed by atoms with Crippen LogP contribution in [0.1, 0.15) is 24.8 Å². The van der Waals surface area contributed by atoms with Crippen molar-refractivity contribution in [2.45, 2.75) is 30.7 Å². The van der Waals surface area contributed by atoms with Crippen molar-refractivity contribution in [3.63, 3.8) is 0 Å². The number of nitrogens with one attached hydrogen (secondary N) is 2. The van der Waals surface area contributed by atoms with Crippen LogP contribution in [0.2, 0.25) is 0 Å². The van der Waals surface area contributed by atoms with Gasteiger partial charge in [-0.05, 0) is 37.0 Å². The average molecular weight is 339 g/mol. The summed E-state index contributed by atoms with van der Waals surface area (Å²) in [4.78, 5) is 4.17. The van der Waals surface area contributed by atoms with Crippen molar-refractivity contribution in [3.8, 4) is 0 Å². The molecule has 5 nitrogen and oxygen atoms in total. The van der Waals surface area contributed by atoms with E-state index in [1.165, 1.54) is 6.07 Å². The summed E-state index contributed by atoms with van der Waals surface area (Å²) in [6, 6.07) is 6.65. The average Bonchev–Trinajstić information content (AvgIpc) is 3.22. The van der Waals surface area contributed by atoms with E-state index in [2.05, 4.69) is 15.6 Å². The van der Waals surface area contributed by atoms with E-state index in [9.17, 15) is 12.8 Å². The SMILES string of the molecule is CN=C(NCC1(c2cccc(F)c2)CC1)NC1CCS(=O)(=O)C1. The van der Waals surface area contributed by atoms with Gasteiger partial charge in [0.15, 0.2) is 15.8 Å². The molecule has 3 rings (SSSR count). The van der Waals surface area contributed by atoms with Gasteiger partial charge in [-0.2, -0.15) is 0 Å². The Labute approximate surface area is 136 Å². The number of benzene rings is 1. The van der Waals surface area contributed by atoms with Crippen LogP contribution in [-0.4, -0.2) is 45.5 Å². The number of guanidine groups is 1. The van der Waals surface area contributed by atoms with Crippen LogP contribution in [0.15, 0.2) is 29.3 Å². The van der Waals surface area contributed by atoms with Crippen molar-refractivity contribution in [2.24, 2.45) is 4.99 Å². The largest absolute Gasteiger partial charge is 0.356 e. The Morgan fingerprint density at radius 2 is 2.22 bits per heavy atom. The molecule has 0 bridgehead atoms. The van der Waals surface area contributed by atoms with E-state index in [0.29, 0.717) is 18.9 Å². The number of hydrogen-bond donors (Lipinski definition) is 2. The fourth-order valence-corrected chi connectivity index (χ4v) is 4.76. The van der Waals surface area contributed by atoms with Crippen LogP contribution in [0.25, 0.3) is 0 Å². The molecule has 2 fully saturated rings. The number of hydrogen-bond acceptors (Lipinski definition) is 3. The highest BCUT2D eigenvalue weighted by atomic mass is 32.2. The summed E-state index contributed by atoms with van der Waals surface area (Å²) in [5.41, 5.74) is 0.963. The third-order valence-electron chi connectivity index (χ3n) is 4.68. The number of aliphatic imine (C=N–C) groups is 1. The Bertz CT molecular complexity index is 714. The van der Waals surface area contributed by atoms with Gasteiger partial charge in [0.1, 0.15) is 5.82 Å². The molecule has 2 aliphatic rings. The maximum atomic E-state index is 13.4. The van der Waals surface area contributed by atoms with Gasteiger partial charge in [0, 0.05) is 25.0 Å². The Morgan fingerprint density at radius 1 is 1.43 bits per heavy atom. The molecule has 1 saturated heterocycles. The lowest BCUT2D eigenvalue weighted by atomic mass is 9.96. The first-order chi connectivity index (χ1) is 10.9. The highest BCUT2D eigenvalue weighted by molar-refractivity contribution is 7.91. The molecule has 0 spiro atoms. The van der Waals surface area contributed by atoms with Crippen LogP contribution in [0, 0.1) is 5.82 Å². The molecule has 1 unspecified atom stereocenters. The molecule has 1 atom stereocenters. The molecule has 126 valence electrons. The fraction of sp³-hybridized carbons (Fsp3) is 0.562. The summed E-state index contributed by atoms with van der Waals surface area (Å²) in [5.74, 6) is 0.777. The maximum absolute atomic E-state index is 13.4. The summed E-state index contributed by atoms with van der Waals surface area (Å²) in [6.45, 7) is 0.662. The number of sulfone groups is 1. The van der Waals surface area contributed by atoms with Crippen LogP contribution < -0.4 is 10.6 Å². The summed E-state index contributed by atoms with van der Waals surface area (Å²) in [7, 11) is -1.25. The molecule has 1 saturated carbocycles. The minimum atomic E-state index is -2.92. The molecular formula is C16H22FN3O2S. The third-order valence-corrected chi connectivity index (χ3v) is 6.45. The van der Waals surface area contributed by atoms with Gasteiger partial charge < -0.3 is 10.6 Å². The van der Waals surface area contributed by atoms with Crippen LogP contribution in [0.5, 0.6) is 0 Å².